The van der Waals surface area contributed by atoms with Crippen molar-refractivity contribution in [1.82, 2.24) is 0 Å². The number of hydrogen-bond donors (Lipinski definition) is 0. The fourth-order valence-corrected chi connectivity index (χ4v) is 3.58. The second-order valence-electron chi connectivity index (χ2n) is 8.16. The molecule has 1 atom stereocenters. The summed E-state index contributed by atoms with van der Waals surface area (Å²) in [6.45, 7) is 11.2. The van der Waals surface area contributed by atoms with E-state index in [1.54, 1.807) is 0 Å². The predicted molar refractivity (Wildman–Crippen MR) is 96.4 cm³/mol. The third-order valence-electron chi connectivity index (χ3n) is 5.29. The highest BCUT2D eigenvalue weighted by atomic mass is 28.4. The van der Waals surface area contributed by atoms with Crippen LogP contribution in [0.2, 0.25) is 18.1 Å². The van der Waals surface area contributed by atoms with Crippen molar-refractivity contribution in [3.05, 3.63) is 29.8 Å². The maximum absolute atomic E-state index is 11.7. The van der Waals surface area contributed by atoms with Crippen molar-refractivity contribution >= 4 is 14.3 Å². The SMILES string of the molecule is COC(=O)C[C@H](c1ccc(O[Si](C)(C)C(C)(C)C)cc1)C1CC1. The lowest BCUT2D eigenvalue weighted by Gasteiger charge is -2.36. The first-order valence-electron chi connectivity index (χ1n) is 8.50. The van der Waals surface area contributed by atoms with E-state index in [-0.39, 0.29) is 16.9 Å². The molecular formula is C19H30O3Si. The molecule has 1 fully saturated rings. The van der Waals surface area contributed by atoms with E-state index < -0.39 is 8.32 Å². The van der Waals surface area contributed by atoms with Crippen molar-refractivity contribution in [2.24, 2.45) is 5.92 Å². The standard InChI is InChI=1S/C19H30O3Si/c1-19(2,3)23(5,6)22-16-11-9-15(10-12-16)17(14-7-8-14)13-18(20)21-4/h9-12,14,17H,7-8,13H2,1-6H3/t17-/m0/s1. The summed E-state index contributed by atoms with van der Waals surface area (Å²) in [5, 5.41) is 0.188. The van der Waals surface area contributed by atoms with Gasteiger partial charge in [-0.1, -0.05) is 32.9 Å². The van der Waals surface area contributed by atoms with Crippen LogP contribution in [0.5, 0.6) is 5.75 Å². The highest BCUT2D eigenvalue weighted by Crippen LogP contribution is 2.45. The van der Waals surface area contributed by atoms with Crippen LogP contribution in [0.1, 0.15) is 51.5 Å². The second kappa shape index (κ2) is 6.68. The number of carbonyl (C=O) groups is 1. The van der Waals surface area contributed by atoms with E-state index in [1.807, 2.05) is 0 Å². The number of hydrogen-bond acceptors (Lipinski definition) is 3. The monoisotopic (exact) mass is 334 g/mol. The molecule has 4 heteroatoms. The molecule has 0 bridgehead atoms. The Labute approximate surface area is 141 Å². The van der Waals surface area contributed by atoms with Crippen molar-refractivity contribution < 1.29 is 14.0 Å². The van der Waals surface area contributed by atoms with Gasteiger partial charge in [-0.3, -0.25) is 4.79 Å². The molecule has 23 heavy (non-hydrogen) atoms. The minimum Gasteiger partial charge on any atom is -0.544 e. The van der Waals surface area contributed by atoms with Crippen LogP contribution >= 0.6 is 0 Å². The number of methoxy groups -OCH3 is 1. The van der Waals surface area contributed by atoms with E-state index in [2.05, 4.69) is 58.1 Å². The molecule has 1 aliphatic carbocycles. The number of esters is 1. The van der Waals surface area contributed by atoms with E-state index >= 15 is 0 Å². The largest absolute Gasteiger partial charge is 0.544 e. The molecule has 0 aromatic heterocycles. The molecular weight excluding hydrogens is 304 g/mol. The van der Waals surface area contributed by atoms with E-state index in [9.17, 15) is 4.79 Å². The van der Waals surface area contributed by atoms with Gasteiger partial charge in [0.25, 0.3) is 0 Å². The van der Waals surface area contributed by atoms with Gasteiger partial charge in [0.2, 0.25) is 8.32 Å². The number of ether oxygens (including phenoxy) is 1. The van der Waals surface area contributed by atoms with Crippen LogP contribution in [0, 0.1) is 5.92 Å². The molecule has 1 aromatic carbocycles. The maximum atomic E-state index is 11.7. The van der Waals surface area contributed by atoms with Crippen LogP contribution < -0.4 is 4.43 Å². The third kappa shape index (κ3) is 4.60. The summed E-state index contributed by atoms with van der Waals surface area (Å²) in [6.07, 6.45) is 2.90. The Morgan fingerprint density at radius 3 is 2.22 bits per heavy atom. The van der Waals surface area contributed by atoms with E-state index in [0.29, 0.717) is 12.3 Å². The lowest BCUT2D eigenvalue weighted by atomic mass is 9.91. The summed E-state index contributed by atoms with van der Waals surface area (Å²) >= 11 is 0. The summed E-state index contributed by atoms with van der Waals surface area (Å²) in [6, 6.07) is 8.35. The quantitative estimate of drug-likeness (QED) is 0.534. The molecule has 0 aliphatic heterocycles. The van der Waals surface area contributed by atoms with Gasteiger partial charge in [-0.05, 0) is 60.5 Å². The fourth-order valence-electron chi connectivity index (χ4n) is 2.55. The van der Waals surface area contributed by atoms with Gasteiger partial charge >= 0.3 is 5.97 Å². The molecule has 2 rings (SSSR count). The van der Waals surface area contributed by atoms with Gasteiger partial charge in [-0.25, -0.2) is 0 Å². The first-order chi connectivity index (χ1) is 10.6. The molecule has 1 aromatic rings. The zero-order valence-corrected chi connectivity index (χ0v) is 16.3. The molecule has 0 saturated heterocycles. The number of benzene rings is 1. The lowest BCUT2D eigenvalue weighted by molar-refractivity contribution is -0.141. The van der Waals surface area contributed by atoms with Crippen LogP contribution in [-0.2, 0) is 9.53 Å². The molecule has 3 nitrogen and oxygen atoms in total. The van der Waals surface area contributed by atoms with Crippen LogP contribution in [0.15, 0.2) is 24.3 Å². The highest BCUT2D eigenvalue weighted by molar-refractivity contribution is 6.74. The molecule has 0 amide bonds. The Kier molecular flexibility index (Phi) is 5.24. The van der Waals surface area contributed by atoms with Crippen molar-refractivity contribution in [2.75, 3.05) is 7.11 Å². The van der Waals surface area contributed by atoms with Crippen LogP contribution in [0.3, 0.4) is 0 Å². The topological polar surface area (TPSA) is 35.5 Å². The van der Waals surface area contributed by atoms with Crippen LogP contribution in [0.4, 0.5) is 0 Å². The maximum Gasteiger partial charge on any atom is 0.306 e. The van der Waals surface area contributed by atoms with Crippen LogP contribution in [0.25, 0.3) is 0 Å². The Balaban J connectivity index is 2.10. The molecule has 0 N–H and O–H groups in total. The highest BCUT2D eigenvalue weighted by Gasteiger charge is 2.39. The van der Waals surface area contributed by atoms with Gasteiger partial charge in [-0.2, -0.15) is 0 Å². The van der Waals surface area contributed by atoms with Gasteiger partial charge in [0, 0.05) is 0 Å². The summed E-state index contributed by atoms with van der Waals surface area (Å²) in [5.41, 5.74) is 1.22. The lowest BCUT2D eigenvalue weighted by Crippen LogP contribution is -2.43. The minimum absolute atomic E-state index is 0.122. The van der Waals surface area contributed by atoms with Gasteiger partial charge in [0.05, 0.1) is 13.5 Å². The Bertz CT molecular complexity index is 539. The molecule has 0 radical (unpaired) electrons. The molecule has 0 heterocycles. The Morgan fingerprint density at radius 1 is 1.22 bits per heavy atom. The third-order valence-corrected chi connectivity index (χ3v) is 9.65. The van der Waals surface area contributed by atoms with E-state index in [0.717, 1.165) is 5.75 Å². The molecule has 1 aliphatic rings. The number of rotatable bonds is 6. The summed E-state index contributed by atoms with van der Waals surface area (Å²) in [4.78, 5) is 11.7. The van der Waals surface area contributed by atoms with Crippen molar-refractivity contribution in [1.29, 1.82) is 0 Å². The fraction of sp³-hybridized carbons (Fsp3) is 0.632. The van der Waals surface area contributed by atoms with Crippen molar-refractivity contribution in [3.8, 4) is 5.75 Å². The summed E-state index contributed by atoms with van der Waals surface area (Å²) in [5.74, 6) is 1.72. The van der Waals surface area contributed by atoms with Gasteiger partial charge in [0.1, 0.15) is 5.75 Å². The smallest absolute Gasteiger partial charge is 0.306 e. The molecule has 1 saturated carbocycles. The Hall–Kier alpha value is -1.29. The predicted octanol–water partition coefficient (Wildman–Crippen LogP) is 5.13. The Morgan fingerprint density at radius 2 is 1.78 bits per heavy atom. The normalized spacial score (nSPS) is 16.8. The zero-order valence-electron chi connectivity index (χ0n) is 15.3. The average molecular weight is 335 g/mol. The van der Waals surface area contributed by atoms with Gasteiger partial charge < -0.3 is 9.16 Å². The zero-order chi connectivity index (χ0) is 17.3. The van der Waals surface area contributed by atoms with Gasteiger partial charge in [0.15, 0.2) is 0 Å². The van der Waals surface area contributed by atoms with E-state index in [1.165, 1.54) is 25.5 Å². The van der Waals surface area contributed by atoms with Gasteiger partial charge in [-0.15, -0.1) is 0 Å². The first kappa shape index (κ1) is 18.1. The number of carbonyl (C=O) groups excluding carboxylic acids is 1. The van der Waals surface area contributed by atoms with E-state index in [4.69, 9.17) is 9.16 Å². The summed E-state index contributed by atoms with van der Waals surface area (Å²) in [7, 11) is -0.345. The molecule has 0 spiro atoms. The van der Waals surface area contributed by atoms with Crippen molar-refractivity contribution in [2.45, 2.75) is 64.1 Å². The second-order valence-corrected chi connectivity index (χ2v) is 12.9. The first-order valence-corrected chi connectivity index (χ1v) is 11.4. The molecule has 128 valence electrons. The minimum atomic E-state index is -1.81. The average Bonchev–Trinajstić information content (AvgIpc) is 3.28. The summed E-state index contributed by atoms with van der Waals surface area (Å²) < 4.78 is 11.2. The van der Waals surface area contributed by atoms with Crippen LogP contribution in [-0.4, -0.2) is 21.4 Å². The van der Waals surface area contributed by atoms with Crippen molar-refractivity contribution in [3.63, 3.8) is 0 Å². The molecule has 0 unspecified atom stereocenters.